The molecule has 7 heteroatoms. The Hall–Kier alpha value is -1.79. The van der Waals surface area contributed by atoms with Gasteiger partial charge in [-0.3, -0.25) is 4.79 Å². The highest BCUT2D eigenvalue weighted by molar-refractivity contribution is 5.86. The van der Waals surface area contributed by atoms with Crippen molar-refractivity contribution in [1.82, 2.24) is 10.2 Å². The number of urea groups is 1. The quantitative estimate of drug-likeness (QED) is 0.596. The zero-order valence-electron chi connectivity index (χ0n) is 9.27. The molecule has 0 saturated heterocycles. The molecule has 0 aliphatic rings. The van der Waals surface area contributed by atoms with Crippen molar-refractivity contribution < 1.29 is 24.6 Å². The maximum atomic E-state index is 11.5. The lowest BCUT2D eigenvalue weighted by molar-refractivity contribution is -0.145. The Morgan fingerprint density at radius 2 is 1.69 bits per heavy atom. The van der Waals surface area contributed by atoms with Crippen LogP contribution in [0.3, 0.4) is 0 Å². The first kappa shape index (κ1) is 14.2. The van der Waals surface area contributed by atoms with E-state index in [1.165, 1.54) is 4.90 Å². The first-order valence-electron chi connectivity index (χ1n) is 4.92. The average Bonchev–Trinajstić information content (AvgIpc) is 2.17. The van der Waals surface area contributed by atoms with Gasteiger partial charge in [-0.1, -0.05) is 0 Å². The van der Waals surface area contributed by atoms with Gasteiger partial charge in [0, 0.05) is 13.1 Å². The monoisotopic (exact) mass is 232 g/mol. The maximum Gasteiger partial charge on any atom is 0.326 e. The summed E-state index contributed by atoms with van der Waals surface area (Å²) in [6.07, 6.45) is -0.637. The number of carbonyl (C=O) groups is 3. The molecule has 2 amide bonds. The van der Waals surface area contributed by atoms with Crippen LogP contribution in [0.15, 0.2) is 0 Å². The van der Waals surface area contributed by atoms with Crippen LogP contribution in [0.1, 0.15) is 20.3 Å². The molecule has 7 nitrogen and oxygen atoms in total. The number of carboxylic acids is 2. The van der Waals surface area contributed by atoms with Gasteiger partial charge in [0.05, 0.1) is 6.42 Å². The van der Waals surface area contributed by atoms with Crippen LogP contribution in [0, 0.1) is 0 Å². The van der Waals surface area contributed by atoms with Gasteiger partial charge in [-0.05, 0) is 13.8 Å². The van der Waals surface area contributed by atoms with E-state index in [-0.39, 0.29) is 0 Å². The zero-order valence-corrected chi connectivity index (χ0v) is 9.27. The lowest BCUT2D eigenvalue weighted by Gasteiger charge is -2.21. The third kappa shape index (κ3) is 4.63. The minimum absolute atomic E-state index is 0.432. The summed E-state index contributed by atoms with van der Waals surface area (Å²) in [6.45, 7) is 4.36. The van der Waals surface area contributed by atoms with Crippen molar-refractivity contribution in [2.45, 2.75) is 26.3 Å². The normalized spacial score (nSPS) is 11.6. The fourth-order valence-electron chi connectivity index (χ4n) is 1.13. The lowest BCUT2D eigenvalue weighted by atomic mass is 10.2. The Morgan fingerprint density at radius 3 is 2.00 bits per heavy atom. The molecule has 0 heterocycles. The van der Waals surface area contributed by atoms with Crippen molar-refractivity contribution in [1.29, 1.82) is 0 Å². The van der Waals surface area contributed by atoms with Crippen LogP contribution in [-0.2, 0) is 9.59 Å². The molecule has 92 valence electrons. The third-order valence-corrected chi connectivity index (χ3v) is 2.03. The van der Waals surface area contributed by atoms with Crippen LogP contribution in [0.4, 0.5) is 4.79 Å². The lowest BCUT2D eigenvalue weighted by Crippen LogP contribution is -2.48. The minimum Gasteiger partial charge on any atom is -0.481 e. The van der Waals surface area contributed by atoms with Crippen LogP contribution < -0.4 is 5.32 Å². The summed E-state index contributed by atoms with van der Waals surface area (Å²) in [5.74, 6) is -2.63. The molecule has 0 aromatic carbocycles. The van der Waals surface area contributed by atoms with E-state index in [9.17, 15) is 14.4 Å². The molecule has 0 aromatic heterocycles. The molecule has 16 heavy (non-hydrogen) atoms. The van der Waals surface area contributed by atoms with Gasteiger partial charge in [0.25, 0.3) is 0 Å². The summed E-state index contributed by atoms with van der Waals surface area (Å²) in [4.78, 5) is 33.9. The van der Waals surface area contributed by atoms with E-state index in [1.807, 2.05) is 0 Å². The molecule has 0 aliphatic heterocycles. The Kier molecular flexibility index (Phi) is 5.91. The SMILES string of the molecule is CCN(CC)C(=O)NC(CC(=O)O)C(=O)O. The minimum atomic E-state index is -1.40. The molecule has 0 aliphatic carbocycles. The van der Waals surface area contributed by atoms with Crippen LogP contribution in [0.2, 0.25) is 0 Å². The first-order valence-corrected chi connectivity index (χ1v) is 4.92. The van der Waals surface area contributed by atoms with E-state index in [0.717, 1.165) is 0 Å². The topological polar surface area (TPSA) is 107 Å². The fourth-order valence-corrected chi connectivity index (χ4v) is 1.13. The first-order chi connectivity index (χ1) is 7.42. The van der Waals surface area contributed by atoms with Gasteiger partial charge in [0.15, 0.2) is 0 Å². The Morgan fingerprint density at radius 1 is 1.19 bits per heavy atom. The number of rotatable bonds is 6. The van der Waals surface area contributed by atoms with Gasteiger partial charge in [-0.15, -0.1) is 0 Å². The second-order valence-electron chi connectivity index (χ2n) is 3.11. The number of nitrogens with zero attached hydrogens (tertiary/aromatic N) is 1. The molecule has 3 N–H and O–H groups in total. The number of hydrogen-bond donors (Lipinski definition) is 3. The number of nitrogens with one attached hydrogen (secondary N) is 1. The molecule has 0 rings (SSSR count). The molecule has 0 saturated carbocycles. The second-order valence-corrected chi connectivity index (χ2v) is 3.11. The van der Waals surface area contributed by atoms with Crippen molar-refractivity contribution in [3.8, 4) is 0 Å². The highest BCUT2D eigenvalue weighted by Gasteiger charge is 2.24. The molecule has 0 bridgehead atoms. The summed E-state index contributed by atoms with van der Waals surface area (Å²) in [7, 11) is 0. The van der Waals surface area contributed by atoms with Crippen LogP contribution in [0.5, 0.6) is 0 Å². The molecule has 0 radical (unpaired) electrons. The number of carbonyl (C=O) groups excluding carboxylic acids is 1. The van der Waals surface area contributed by atoms with E-state index in [2.05, 4.69) is 5.32 Å². The zero-order chi connectivity index (χ0) is 12.7. The van der Waals surface area contributed by atoms with E-state index >= 15 is 0 Å². The molecule has 1 unspecified atom stereocenters. The van der Waals surface area contributed by atoms with E-state index in [4.69, 9.17) is 10.2 Å². The molecule has 0 aromatic rings. The van der Waals surface area contributed by atoms with Crippen LogP contribution >= 0.6 is 0 Å². The fraction of sp³-hybridized carbons (Fsp3) is 0.667. The predicted octanol–water partition coefficient (Wildman–Crippen LogP) is -0.0343. The van der Waals surface area contributed by atoms with Gasteiger partial charge < -0.3 is 20.4 Å². The van der Waals surface area contributed by atoms with Crippen molar-refractivity contribution >= 4 is 18.0 Å². The van der Waals surface area contributed by atoms with Crippen molar-refractivity contribution in [3.63, 3.8) is 0 Å². The van der Waals surface area contributed by atoms with Gasteiger partial charge in [-0.2, -0.15) is 0 Å². The number of carboxylic acid groups (broad SMARTS) is 2. The van der Waals surface area contributed by atoms with Crippen molar-refractivity contribution in [3.05, 3.63) is 0 Å². The summed E-state index contributed by atoms with van der Waals surface area (Å²) < 4.78 is 0. The van der Waals surface area contributed by atoms with Crippen LogP contribution in [-0.4, -0.2) is 52.2 Å². The molecular weight excluding hydrogens is 216 g/mol. The summed E-state index contributed by atoms with van der Waals surface area (Å²) in [6, 6.07) is -1.97. The van der Waals surface area contributed by atoms with Crippen molar-refractivity contribution in [2.24, 2.45) is 0 Å². The Labute approximate surface area is 93.0 Å². The van der Waals surface area contributed by atoms with E-state index in [0.29, 0.717) is 13.1 Å². The largest absolute Gasteiger partial charge is 0.481 e. The van der Waals surface area contributed by atoms with E-state index in [1.54, 1.807) is 13.8 Å². The highest BCUT2D eigenvalue weighted by atomic mass is 16.4. The summed E-state index contributed by atoms with van der Waals surface area (Å²) in [5.41, 5.74) is 0. The maximum absolute atomic E-state index is 11.5. The van der Waals surface area contributed by atoms with Gasteiger partial charge in [0.2, 0.25) is 0 Å². The Balaban J connectivity index is 4.44. The molecule has 1 atom stereocenters. The Bertz CT molecular complexity index is 275. The molecule has 0 spiro atoms. The number of hydrogen-bond acceptors (Lipinski definition) is 3. The standard InChI is InChI=1S/C9H16N2O5/c1-3-11(4-2)9(16)10-6(8(14)15)5-7(12)13/h6H,3-5H2,1-2H3,(H,10,16)(H,12,13)(H,14,15). The smallest absolute Gasteiger partial charge is 0.326 e. The average molecular weight is 232 g/mol. The van der Waals surface area contributed by atoms with Crippen LogP contribution in [0.25, 0.3) is 0 Å². The summed E-state index contributed by atoms with van der Waals surface area (Å²) in [5, 5.41) is 19.3. The van der Waals surface area contributed by atoms with Gasteiger partial charge in [0.1, 0.15) is 6.04 Å². The highest BCUT2D eigenvalue weighted by Crippen LogP contribution is 1.96. The molecule has 0 fully saturated rings. The number of amides is 2. The predicted molar refractivity (Wildman–Crippen MR) is 55.1 cm³/mol. The number of aliphatic carboxylic acids is 2. The van der Waals surface area contributed by atoms with Crippen molar-refractivity contribution in [2.75, 3.05) is 13.1 Å². The summed E-state index contributed by atoms with van der Waals surface area (Å²) >= 11 is 0. The van der Waals surface area contributed by atoms with E-state index < -0.39 is 30.4 Å². The van der Waals surface area contributed by atoms with Gasteiger partial charge >= 0.3 is 18.0 Å². The second kappa shape index (κ2) is 6.65. The van der Waals surface area contributed by atoms with Gasteiger partial charge in [-0.25, -0.2) is 9.59 Å². The molecular formula is C9H16N2O5. The third-order valence-electron chi connectivity index (χ3n) is 2.03.